The lowest BCUT2D eigenvalue weighted by Crippen LogP contribution is -2.30. The van der Waals surface area contributed by atoms with E-state index < -0.39 is 0 Å². The SMILES string of the molecule is CCN(CC)C(=O)CCCC(=O)Nc1cc2c(cc1N)OCO2. The van der Waals surface area contributed by atoms with E-state index >= 15 is 0 Å². The van der Waals surface area contributed by atoms with Gasteiger partial charge in [-0.3, -0.25) is 9.59 Å². The Balaban J connectivity index is 1.82. The van der Waals surface area contributed by atoms with Crippen LogP contribution < -0.4 is 20.5 Å². The molecule has 0 fully saturated rings. The molecule has 2 rings (SSSR count). The van der Waals surface area contributed by atoms with Gasteiger partial charge >= 0.3 is 0 Å². The molecule has 1 aromatic carbocycles. The van der Waals surface area contributed by atoms with Gasteiger partial charge in [0.05, 0.1) is 11.4 Å². The highest BCUT2D eigenvalue weighted by molar-refractivity contribution is 5.94. The highest BCUT2D eigenvalue weighted by Gasteiger charge is 2.17. The van der Waals surface area contributed by atoms with E-state index in [2.05, 4.69) is 5.32 Å². The lowest BCUT2D eigenvalue weighted by atomic mass is 10.2. The topological polar surface area (TPSA) is 93.9 Å². The third kappa shape index (κ3) is 4.28. The van der Waals surface area contributed by atoms with Crippen molar-refractivity contribution in [3.8, 4) is 11.5 Å². The van der Waals surface area contributed by atoms with Crippen LogP contribution in [0.15, 0.2) is 12.1 Å². The van der Waals surface area contributed by atoms with Crippen LogP contribution in [-0.2, 0) is 9.59 Å². The first kappa shape index (κ1) is 16.9. The number of nitrogens with one attached hydrogen (secondary N) is 1. The summed E-state index contributed by atoms with van der Waals surface area (Å²) < 4.78 is 10.5. The zero-order valence-corrected chi connectivity index (χ0v) is 13.6. The minimum absolute atomic E-state index is 0.0744. The van der Waals surface area contributed by atoms with Crippen LogP contribution in [0.5, 0.6) is 11.5 Å². The number of ether oxygens (including phenoxy) is 2. The Bertz CT molecular complexity index is 585. The van der Waals surface area contributed by atoms with Gasteiger partial charge in [0, 0.05) is 38.1 Å². The molecule has 3 N–H and O–H groups in total. The number of hydrogen-bond acceptors (Lipinski definition) is 5. The summed E-state index contributed by atoms with van der Waals surface area (Å²) >= 11 is 0. The van der Waals surface area contributed by atoms with E-state index in [-0.39, 0.29) is 25.0 Å². The molecule has 1 aliphatic rings. The second kappa shape index (κ2) is 7.71. The van der Waals surface area contributed by atoms with E-state index in [0.717, 1.165) is 0 Å². The molecule has 0 unspecified atom stereocenters. The first-order valence-electron chi connectivity index (χ1n) is 7.81. The molecule has 1 heterocycles. The number of rotatable bonds is 7. The van der Waals surface area contributed by atoms with Crippen molar-refractivity contribution in [1.82, 2.24) is 4.90 Å². The van der Waals surface area contributed by atoms with E-state index in [1.165, 1.54) is 0 Å². The predicted molar refractivity (Wildman–Crippen MR) is 87.4 cm³/mol. The molecule has 0 saturated heterocycles. The second-order valence-electron chi connectivity index (χ2n) is 5.26. The Morgan fingerprint density at radius 2 is 1.83 bits per heavy atom. The minimum atomic E-state index is -0.178. The molecular formula is C16H23N3O4. The van der Waals surface area contributed by atoms with Gasteiger partial charge in [0.15, 0.2) is 11.5 Å². The van der Waals surface area contributed by atoms with E-state index in [4.69, 9.17) is 15.2 Å². The van der Waals surface area contributed by atoms with Gasteiger partial charge in [-0.25, -0.2) is 0 Å². The molecule has 7 heteroatoms. The standard InChI is InChI=1S/C16H23N3O4/c1-3-19(4-2)16(21)7-5-6-15(20)18-12-9-14-13(8-11(12)17)22-10-23-14/h8-9H,3-7,10,17H2,1-2H3,(H,18,20). The average Bonchev–Trinajstić information content (AvgIpc) is 2.96. The van der Waals surface area contributed by atoms with Crippen molar-refractivity contribution in [2.75, 3.05) is 30.9 Å². The summed E-state index contributed by atoms with van der Waals surface area (Å²) in [5.74, 6) is 1.03. The van der Waals surface area contributed by atoms with Gasteiger partial charge < -0.3 is 25.4 Å². The molecule has 0 saturated carbocycles. The Kier molecular flexibility index (Phi) is 5.67. The molecule has 1 aromatic rings. The lowest BCUT2D eigenvalue weighted by Gasteiger charge is -2.18. The van der Waals surface area contributed by atoms with Crippen LogP contribution in [0.25, 0.3) is 0 Å². The maximum atomic E-state index is 12.0. The van der Waals surface area contributed by atoms with E-state index in [1.807, 2.05) is 13.8 Å². The molecule has 0 spiro atoms. The molecule has 126 valence electrons. The molecule has 1 aliphatic heterocycles. The zero-order chi connectivity index (χ0) is 16.8. The summed E-state index contributed by atoms with van der Waals surface area (Å²) in [5, 5.41) is 2.75. The molecule has 0 atom stereocenters. The van der Waals surface area contributed by atoms with Crippen LogP contribution in [-0.4, -0.2) is 36.6 Å². The maximum Gasteiger partial charge on any atom is 0.231 e. The molecule has 7 nitrogen and oxygen atoms in total. The van der Waals surface area contributed by atoms with Gasteiger partial charge in [0.2, 0.25) is 18.6 Å². The first-order valence-corrected chi connectivity index (χ1v) is 7.81. The fourth-order valence-corrected chi connectivity index (χ4v) is 2.41. The number of anilines is 2. The molecule has 0 aromatic heterocycles. The third-order valence-corrected chi connectivity index (χ3v) is 3.73. The highest BCUT2D eigenvalue weighted by atomic mass is 16.7. The number of fused-ring (bicyclic) bond motifs is 1. The Morgan fingerprint density at radius 3 is 2.48 bits per heavy atom. The van der Waals surface area contributed by atoms with Crippen molar-refractivity contribution in [3.05, 3.63) is 12.1 Å². The van der Waals surface area contributed by atoms with E-state index in [0.29, 0.717) is 48.8 Å². The van der Waals surface area contributed by atoms with Crippen molar-refractivity contribution in [1.29, 1.82) is 0 Å². The number of hydrogen-bond donors (Lipinski definition) is 2. The summed E-state index contributed by atoms with van der Waals surface area (Å²) in [4.78, 5) is 25.6. The summed E-state index contributed by atoms with van der Waals surface area (Å²) in [7, 11) is 0. The molecular weight excluding hydrogens is 298 g/mol. The lowest BCUT2D eigenvalue weighted by molar-refractivity contribution is -0.130. The van der Waals surface area contributed by atoms with Crippen molar-refractivity contribution in [3.63, 3.8) is 0 Å². The first-order chi connectivity index (χ1) is 11.0. The minimum Gasteiger partial charge on any atom is -0.454 e. The summed E-state index contributed by atoms with van der Waals surface area (Å²) in [5.41, 5.74) is 6.80. The van der Waals surface area contributed by atoms with Crippen LogP contribution >= 0.6 is 0 Å². The summed E-state index contributed by atoms with van der Waals surface area (Å²) in [6.45, 7) is 5.41. The number of nitrogen functional groups attached to an aromatic ring is 1. The Morgan fingerprint density at radius 1 is 1.17 bits per heavy atom. The van der Waals surface area contributed by atoms with Crippen LogP contribution in [0.2, 0.25) is 0 Å². The van der Waals surface area contributed by atoms with Crippen LogP contribution in [0.3, 0.4) is 0 Å². The van der Waals surface area contributed by atoms with E-state index in [1.54, 1.807) is 17.0 Å². The maximum absolute atomic E-state index is 12.0. The number of nitrogens with two attached hydrogens (primary N) is 1. The van der Waals surface area contributed by atoms with Gasteiger partial charge in [0.1, 0.15) is 0 Å². The van der Waals surface area contributed by atoms with Crippen LogP contribution in [0.4, 0.5) is 11.4 Å². The van der Waals surface area contributed by atoms with Gasteiger partial charge in [-0.05, 0) is 20.3 Å². The quantitative estimate of drug-likeness (QED) is 0.749. The van der Waals surface area contributed by atoms with Gasteiger partial charge in [0.25, 0.3) is 0 Å². The molecule has 23 heavy (non-hydrogen) atoms. The normalized spacial score (nSPS) is 12.1. The van der Waals surface area contributed by atoms with Crippen molar-refractivity contribution in [2.24, 2.45) is 0 Å². The summed E-state index contributed by atoms with van der Waals surface area (Å²) in [6.07, 6.45) is 1.14. The van der Waals surface area contributed by atoms with Gasteiger partial charge in [-0.15, -0.1) is 0 Å². The fourth-order valence-electron chi connectivity index (χ4n) is 2.41. The molecule has 0 aliphatic carbocycles. The largest absolute Gasteiger partial charge is 0.454 e. The van der Waals surface area contributed by atoms with Gasteiger partial charge in [-0.1, -0.05) is 0 Å². The fraction of sp³-hybridized carbons (Fsp3) is 0.500. The van der Waals surface area contributed by atoms with Gasteiger partial charge in [-0.2, -0.15) is 0 Å². The number of benzene rings is 1. The van der Waals surface area contributed by atoms with E-state index in [9.17, 15) is 9.59 Å². The summed E-state index contributed by atoms with van der Waals surface area (Å²) in [6, 6.07) is 3.28. The smallest absolute Gasteiger partial charge is 0.231 e. The number of nitrogens with zero attached hydrogens (tertiary/aromatic N) is 1. The number of carbonyl (C=O) groups is 2. The van der Waals surface area contributed by atoms with Crippen molar-refractivity contribution in [2.45, 2.75) is 33.1 Å². The number of carbonyl (C=O) groups excluding carboxylic acids is 2. The molecule has 0 radical (unpaired) electrons. The van der Waals surface area contributed by atoms with Crippen molar-refractivity contribution >= 4 is 23.2 Å². The third-order valence-electron chi connectivity index (χ3n) is 3.73. The monoisotopic (exact) mass is 321 g/mol. The second-order valence-corrected chi connectivity index (χ2v) is 5.26. The van der Waals surface area contributed by atoms with Crippen LogP contribution in [0, 0.1) is 0 Å². The zero-order valence-electron chi connectivity index (χ0n) is 13.6. The van der Waals surface area contributed by atoms with Crippen molar-refractivity contribution < 1.29 is 19.1 Å². The highest BCUT2D eigenvalue weighted by Crippen LogP contribution is 2.38. The molecule has 0 bridgehead atoms. The Labute approximate surface area is 135 Å². The average molecular weight is 321 g/mol. The Hall–Kier alpha value is -2.44. The number of amides is 2. The molecule has 2 amide bonds. The van der Waals surface area contributed by atoms with Crippen LogP contribution in [0.1, 0.15) is 33.1 Å². The predicted octanol–water partition coefficient (Wildman–Crippen LogP) is 1.97.